The van der Waals surface area contributed by atoms with Crippen LogP contribution in [0.4, 0.5) is 4.39 Å². The number of likely N-dealkylation sites (tertiary alicyclic amines) is 1. The predicted octanol–water partition coefficient (Wildman–Crippen LogP) is 1.32. The van der Waals surface area contributed by atoms with Crippen molar-refractivity contribution in [1.82, 2.24) is 19.9 Å². The number of amides is 1. The minimum absolute atomic E-state index is 0.00510. The molecule has 1 atom stereocenters. The van der Waals surface area contributed by atoms with Crippen LogP contribution in [0.1, 0.15) is 17.0 Å². The van der Waals surface area contributed by atoms with E-state index in [4.69, 9.17) is 9.47 Å². The smallest absolute Gasteiger partial charge is 0.291 e. The zero-order valence-corrected chi connectivity index (χ0v) is 13.5. The summed E-state index contributed by atoms with van der Waals surface area (Å²) < 4.78 is 25.1. The third-order valence-corrected chi connectivity index (χ3v) is 4.71. The topological polar surface area (TPSA) is 77.4 Å². The molecule has 7 nitrogen and oxygen atoms in total. The number of pyridine rings is 1. The fourth-order valence-corrected chi connectivity index (χ4v) is 3.32. The highest BCUT2D eigenvalue weighted by Gasteiger charge is 2.55. The van der Waals surface area contributed by atoms with E-state index in [9.17, 15) is 9.18 Å². The van der Waals surface area contributed by atoms with E-state index in [1.807, 2.05) is 0 Å². The quantitative estimate of drug-likeness (QED) is 0.833. The van der Waals surface area contributed by atoms with Crippen molar-refractivity contribution in [2.24, 2.45) is 5.92 Å². The Kier molecular flexibility index (Phi) is 4.04. The van der Waals surface area contributed by atoms with E-state index >= 15 is 0 Å². The number of nitrogens with zero attached hydrogens (tertiary/aromatic N) is 4. The van der Waals surface area contributed by atoms with Gasteiger partial charge in [0.15, 0.2) is 5.82 Å². The van der Waals surface area contributed by atoms with Gasteiger partial charge >= 0.3 is 0 Å². The molecule has 0 saturated carbocycles. The van der Waals surface area contributed by atoms with Gasteiger partial charge in [-0.3, -0.25) is 4.79 Å². The zero-order chi connectivity index (χ0) is 17.3. The molecule has 4 rings (SSSR count). The first kappa shape index (κ1) is 15.9. The van der Waals surface area contributed by atoms with Crippen LogP contribution >= 0.6 is 0 Å². The Hall–Kier alpha value is -2.61. The highest BCUT2D eigenvalue weighted by molar-refractivity contribution is 5.91. The van der Waals surface area contributed by atoms with Crippen molar-refractivity contribution in [3.8, 4) is 5.88 Å². The van der Waals surface area contributed by atoms with E-state index in [1.165, 1.54) is 18.3 Å². The first-order valence-electron chi connectivity index (χ1n) is 8.11. The summed E-state index contributed by atoms with van der Waals surface area (Å²) in [7, 11) is 0. The molecule has 0 N–H and O–H groups in total. The number of aromatic nitrogens is 3. The van der Waals surface area contributed by atoms with Gasteiger partial charge in [0, 0.05) is 31.1 Å². The van der Waals surface area contributed by atoms with Crippen molar-refractivity contribution >= 4 is 5.91 Å². The highest BCUT2D eigenvalue weighted by Crippen LogP contribution is 2.40. The van der Waals surface area contributed by atoms with Crippen LogP contribution in [0.15, 0.2) is 36.8 Å². The number of carbonyl (C=O) groups is 1. The molecule has 0 unspecified atom stereocenters. The molecule has 2 aliphatic rings. The zero-order valence-electron chi connectivity index (χ0n) is 13.5. The lowest BCUT2D eigenvalue weighted by atomic mass is 9.81. The number of hydrogen-bond acceptors (Lipinski definition) is 6. The Balaban J connectivity index is 1.38. The molecule has 25 heavy (non-hydrogen) atoms. The molecule has 0 aliphatic carbocycles. The van der Waals surface area contributed by atoms with Crippen LogP contribution in [0.25, 0.3) is 0 Å². The maximum atomic E-state index is 13.6. The fourth-order valence-electron chi connectivity index (χ4n) is 3.32. The Bertz CT molecular complexity index is 767. The van der Waals surface area contributed by atoms with Crippen LogP contribution in [0.3, 0.4) is 0 Å². The number of hydrogen-bond donors (Lipinski definition) is 0. The van der Waals surface area contributed by atoms with Crippen LogP contribution in [-0.2, 0) is 4.74 Å². The summed E-state index contributed by atoms with van der Waals surface area (Å²) in [6, 6.07) is 4.49. The van der Waals surface area contributed by atoms with Crippen molar-refractivity contribution in [1.29, 1.82) is 0 Å². The summed E-state index contributed by atoms with van der Waals surface area (Å²) in [5, 5.41) is 0. The minimum atomic E-state index is -0.484. The third-order valence-electron chi connectivity index (χ3n) is 4.71. The molecule has 8 heteroatoms. The van der Waals surface area contributed by atoms with Crippen molar-refractivity contribution < 1.29 is 18.7 Å². The molecule has 130 valence electrons. The molecule has 0 radical (unpaired) electrons. The van der Waals surface area contributed by atoms with Crippen LogP contribution in [0.5, 0.6) is 5.88 Å². The Morgan fingerprint density at radius 1 is 1.28 bits per heavy atom. The molecule has 2 fully saturated rings. The number of rotatable bonds is 4. The molecule has 2 aromatic heterocycles. The predicted molar refractivity (Wildman–Crippen MR) is 84.4 cm³/mol. The largest absolute Gasteiger partial charge is 0.475 e. The van der Waals surface area contributed by atoms with Crippen molar-refractivity contribution in [3.05, 3.63) is 48.4 Å². The first-order chi connectivity index (χ1) is 12.2. The van der Waals surface area contributed by atoms with Gasteiger partial charge in [-0.05, 0) is 24.6 Å². The second-order valence-corrected chi connectivity index (χ2v) is 6.23. The number of halogens is 1. The molecule has 1 spiro atoms. The van der Waals surface area contributed by atoms with Crippen LogP contribution in [0, 0.1) is 11.7 Å². The standard InChI is InChI=1S/C17H17FN4O3/c18-13-3-1-5-21-15(13)24-9-12-4-8-25-17(12)10-22(11-17)16(23)14-19-6-2-7-20-14/h1-3,5-7,12H,4,8-11H2/t12-/m0/s1. The summed E-state index contributed by atoms with van der Waals surface area (Å²) in [6.45, 7) is 1.83. The highest BCUT2D eigenvalue weighted by atomic mass is 19.1. The molecule has 4 heterocycles. The van der Waals surface area contributed by atoms with Gasteiger partial charge in [-0.25, -0.2) is 19.3 Å². The Morgan fingerprint density at radius 2 is 2.04 bits per heavy atom. The lowest BCUT2D eigenvalue weighted by Crippen LogP contribution is -2.66. The summed E-state index contributed by atoms with van der Waals surface area (Å²) in [5.41, 5.74) is -0.435. The molecule has 2 aliphatic heterocycles. The SMILES string of the molecule is O=C(c1ncccn1)N1CC2(C1)OCC[C@H]2COc1ncccc1F. The second-order valence-electron chi connectivity index (χ2n) is 6.23. The van der Waals surface area contributed by atoms with Gasteiger partial charge in [-0.1, -0.05) is 0 Å². The monoisotopic (exact) mass is 344 g/mol. The van der Waals surface area contributed by atoms with Gasteiger partial charge in [-0.15, -0.1) is 0 Å². The number of ether oxygens (including phenoxy) is 2. The van der Waals surface area contributed by atoms with Crippen LogP contribution in [-0.4, -0.2) is 57.7 Å². The maximum Gasteiger partial charge on any atom is 0.291 e. The third kappa shape index (κ3) is 2.93. The summed E-state index contributed by atoms with van der Waals surface area (Å²) >= 11 is 0. The normalized spacial score (nSPS) is 21.2. The minimum Gasteiger partial charge on any atom is -0.475 e. The maximum absolute atomic E-state index is 13.6. The van der Waals surface area contributed by atoms with Gasteiger partial charge in [0.1, 0.15) is 5.60 Å². The molecule has 2 saturated heterocycles. The Labute approximate surface area is 143 Å². The lowest BCUT2D eigenvalue weighted by Gasteiger charge is -2.49. The molecular weight excluding hydrogens is 327 g/mol. The van der Waals surface area contributed by atoms with Gasteiger partial charge in [0.25, 0.3) is 5.91 Å². The summed E-state index contributed by atoms with van der Waals surface area (Å²) in [5.74, 6) is -0.442. The molecule has 0 aromatic carbocycles. The van der Waals surface area contributed by atoms with Crippen molar-refractivity contribution in [2.75, 3.05) is 26.3 Å². The summed E-state index contributed by atoms with van der Waals surface area (Å²) in [4.78, 5) is 25.9. The fraction of sp³-hybridized carbons (Fsp3) is 0.412. The summed E-state index contributed by atoms with van der Waals surface area (Å²) in [6.07, 6.45) is 5.38. The first-order valence-corrected chi connectivity index (χ1v) is 8.11. The van der Waals surface area contributed by atoms with E-state index in [0.717, 1.165) is 6.42 Å². The van der Waals surface area contributed by atoms with Gasteiger partial charge in [0.05, 0.1) is 19.7 Å². The average molecular weight is 344 g/mol. The lowest BCUT2D eigenvalue weighted by molar-refractivity contribution is -0.122. The van der Waals surface area contributed by atoms with Crippen molar-refractivity contribution in [3.63, 3.8) is 0 Å². The van der Waals surface area contributed by atoms with E-state index in [1.54, 1.807) is 23.4 Å². The molecule has 2 aromatic rings. The van der Waals surface area contributed by atoms with E-state index in [2.05, 4.69) is 15.0 Å². The van der Waals surface area contributed by atoms with E-state index < -0.39 is 11.4 Å². The van der Waals surface area contributed by atoms with Crippen molar-refractivity contribution in [2.45, 2.75) is 12.0 Å². The van der Waals surface area contributed by atoms with Gasteiger partial charge < -0.3 is 14.4 Å². The van der Waals surface area contributed by atoms with E-state index in [-0.39, 0.29) is 23.5 Å². The molecule has 0 bridgehead atoms. The number of carbonyl (C=O) groups excluding carboxylic acids is 1. The molecular formula is C17H17FN4O3. The van der Waals surface area contributed by atoms with Crippen LogP contribution in [0.2, 0.25) is 0 Å². The molecule has 1 amide bonds. The van der Waals surface area contributed by atoms with Crippen LogP contribution < -0.4 is 4.74 Å². The van der Waals surface area contributed by atoms with Gasteiger partial charge in [0.2, 0.25) is 11.7 Å². The second kappa shape index (κ2) is 6.36. The van der Waals surface area contributed by atoms with E-state index in [0.29, 0.717) is 26.3 Å². The average Bonchev–Trinajstić information content (AvgIpc) is 3.04. The Morgan fingerprint density at radius 3 is 2.80 bits per heavy atom. The van der Waals surface area contributed by atoms with Gasteiger partial charge in [-0.2, -0.15) is 0 Å².